The predicted molar refractivity (Wildman–Crippen MR) is 119 cm³/mol. The second kappa shape index (κ2) is 8.35. The van der Waals surface area contributed by atoms with Crippen LogP contribution in [0.5, 0.6) is 5.88 Å². The van der Waals surface area contributed by atoms with Crippen LogP contribution in [0.2, 0.25) is 0 Å². The molecule has 2 aliphatic rings. The SMILES string of the molecule is COc1nc2sccc2nc1C(=O)OC1CC2CCC(C(N)=O)(C1)N2Cc1ccc(F)cc1. The van der Waals surface area contributed by atoms with E-state index >= 15 is 0 Å². The van der Waals surface area contributed by atoms with Gasteiger partial charge in [0.25, 0.3) is 0 Å². The zero-order valence-corrected chi connectivity index (χ0v) is 18.8. The lowest BCUT2D eigenvalue weighted by Crippen LogP contribution is -2.60. The Labute approximate surface area is 193 Å². The Hall–Kier alpha value is -3.11. The molecule has 2 N–H and O–H groups in total. The molecule has 2 fully saturated rings. The van der Waals surface area contributed by atoms with Crippen molar-refractivity contribution in [2.75, 3.05) is 7.11 Å². The third kappa shape index (κ3) is 3.83. The number of aromatic nitrogens is 2. The monoisotopic (exact) mass is 470 g/mol. The minimum absolute atomic E-state index is 0.0117. The van der Waals surface area contributed by atoms with Crippen LogP contribution in [0.1, 0.15) is 41.7 Å². The molecule has 8 nitrogen and oxygen atoms in total. The molecule has 0 saturated carbocycles. The number of esters is 1. The van der Waals surface area contributed by atoms with Crippen molar-refractivity contribution in [2.24, 2.45) is 5.73 Å². The molecular weight excluding hydrogens is 447 g/mol. The Morgan fingerprint density at radius 1 is 1.27 bits per heavy atom. The number of carbonyl (C=O) groups is 2. The van der Waals surface area contributed by atoms with Gasteiger partial charge in [-0.3, -0.25) is 9.69 Å². The summed E-state index contributed by atoms with van der Waals surface area (Å²) in [5.74, 6) is -1.28. The molecule has 33 heavy (non-hydrogen) atoms. The number of fused-ring (bicyclic) bond motifs is 3. The van der Waals surface area contributed by atoms with Crippen molar-refractivity contribution in [3.8, 4) is 5.88 Å². The van der Waals surface area contributed by atoms with Crippen molar-refractivity contribution < 1.29 is 23.5 Å². The number of ether oxygens (including phenoxy) is 2. The summed E-state index contributed by atoms with van der Waals surface area (Å²) in [6.45, 7) is 0.475. The Balaban J connectivity index is 1.37. The highest BCUT2D eigenvalue weighted by Crippen LogP contribution is 2.46. The van der Waals surface area contributed by atoms with Gasteiger partial charge in [-0.2, -0.15) is 4.98 Å². The largest absolute Gasteiger partial charge is 0.479 e. The van der Waals surface area contributed by atoms with Crippen LogP contribution in [0.25, 0.3) is 10.3 Å². The van der Waals surface area contributed by atoms with E-state index < -0.39 is 23.5 Å². The summed E-state index contributed by atoms with van der Waals surface area (Å²) in [7, 11) is 1.43. The van der Waals surface area contributed by atoms with Gasteiger partial charge in [-0.05, 0) is 42.0 Å². The van der Waals surface area contributed by atoms with Gasteiger partial charge >= 0.3 is 5.97 Å². The molecule has 1 aromatic carbocycles. The fourth-order valence-electron chi connectivity index (χ4n) is 5.06. The van der Waals surface area contributed by atoms with Crippen LogP contribution in [0, 0.1) is 5.82 Å². The van der Waals surface area contributed by atoms with Crippen LogP contribution in [-0.4, -0.2) is 51.5 Å². The first kappa shape index (κ1) is 21.7. The molecule has 2 aliphatic heterocycles. The fourth-order valence-corrected chi connectivity index (χ4v) is 5.76. The topological polar surface area (TPSA) is 108 Å². The van der Waals surface area contributed by atoms with Crippen molar-refractivity contribution >= 4 is 33.6 Å². The summed E-state index contributed by atoms with van der Waals surface area (Å²) in [5.41, 5.74) is 6.47. The van der Waals surface area contributed by atoms with Crippen LogP contribution < -0.4 is 10.5 Å². The van der Waals surface area contributed by atoms with E-state index in [1.165, 1.54) is 30.6 Å². The highest BCUT2D eigenvalue weighted by atomic mass is 32.1. The van der Waals surface area contributed by atoms with E-state index in [1.54, 1.807) is 18.2 Å². The summed E-state index contributed by atoms with van der Waals surface area (Å²) in [4.78, 5) is 37.1. The first-order valence-corrected chi connectivity index (χ1v) is 11.6. The molecule has 10 heteroatoms. The van der Waals surface area contributed by atoms with Gasteiger partial charge in [0.1, 0.15) is 27.8 Å². The Bertz CT molecular complexity index is 1220. The summed E-state index contributed by atoms with van der Waals surface area (Å²) >= 11 is 1.40. The third-order valence-electron chi connectivity index (χ3n) is 6.63. The Morgan fingerprint density at radius 3 is 2.79 bits per heavy atom. The van der Waals surface area contributed by atoms with E-state index in [0.717, 1.165) is 12.0 Å². The van der Waals surface area contributed by atoms with Gasteiger partial charge in [-0.1, -0.05) is 12.1 Å². The lowest BCUT2D eigenvalue weighted by Gasteiger charge is -2.45. The number of nitrogens with zero attached hydrogens (tertiary/aromatic N) is 3. The van der Waals surface area contributed by atoms with Gasteiger partial charge in [-0.15, -0.1) is 11.3 Å². The minimum Gasteiger partial charge on any atom is -0.479 e. The molecule has 0 spiro atoms. The van der Waals surface area contributed by atoms with Crippen LogP contribution in [0.4, 0.5) is 4.39 Å². The zero-order valence-electron chi connectivity index (χ0n) is 18.0. The van der Waals surface area contributed by atoms with E-state index in [-0.39, 0.29) is 23.4 Å². The summed E-state index contributed by atoms with van der Waals surface area (Å²) < 4.78 is 24.4. The highest BCUT2D eigenvalue weighted by molar-refractivity contribution is 7.16. The van der Waals surface area contributed by atoms with E-state index in [2.05, 4.69) is 14.9 Å². The molecule has 2 aromatic heterocycles. The number of halogens is 1. The van der Waals surface area contributed by atoms with E-state index in [4.69, 9.17) is 15.2 Å². The molecule has 2 bridgehead atoms. The first-order valence-electron chi connectivity index (χ1n) is 10.7. The summed E-state index contributed by atoms with van der Waals surface area (Å²) in [6.07, 6.45) is 1.72. The lowest BCUT2D eigenvalue weighted by molar-refractivity contribution is -0.136. The summed E-state index contributed by atoms with van der Waals surface area (Å²) in [5, 5.41) is 1.84. The number of rotatable bonds is 6. The quantitative estimate of drug-likeness (QED) is 0.552. The van der Waals surface area contributed by atoms with Crippen LogP contribution in [-0.2, 0) is 16.1 Å². The average molecular weight is 471 g/mol. The van der Waals surface area contributed by atoms with Crippen molar-refractivity contribution in [1.29, 1.82) is 0 Å². The van der Waals surface area contributed by atoms with E-state index in [9.17, 15) is 14.0 Å². The number of nitrogens with two attached hydrogens (primary N) is 1. The number of carbonyl (C=O) groups excluding carboxylic acids is 2. The second-order valence-corrected chi connectivity index (χ2v) is 9.40. The molecule has 3 aromatic rings. The number of amides is 1. The second-order valence-electron chi connectivity index (χ2n) is 8.50. The van der Waals surface area contributed by atoms with Gasteiger partial charge in [0.15, 0.2) is 0 Å². The standard InChI is InChI=1S/C23H23FN4O4S/c1-31-19-18(26-17-7-9-33-20(17)27-19)21(29)32-16-10-15-6-8-23(11-16,22(25)30)28(15)12-13-2-4-14(24)5-3-13/h2-5,7,9,15-16H,6,8,10-12H2,1H3,(H2,25,30). The number of methoxy groups -OCH3 is 1. The summed E-state index contributed by atoms with van der Waals surface area (Å²) in [6, 6.07) is 8.02. The van der Waals surface area contributed by atoms with Crippen molar-refractivity contribution in [3.63, 3.8) is 0 Å². The Morgan fingerprint density at radius 2 is 2.06 bits per heavy atom. The maximum atomic E-state index is 13.3. The molecule has 3 unspecified atom stereocenters. The van der Waals surface area contributed by atoms with Gasteiger partial charge in [0.2, 0.25) is 17.5 Å². The predicted octanol–water partition coefficient (Wildman–Crippen LogP) is 3.05. The van der Waals surface area contributed by atoms with Gasteiger partial charge in [-0.25, -0.2) is 14.2 Å². The number of hydrogen-bond donors (Lipinski definition) is 1. The number of piperidine rings is 1. The van der Waals surface area contributed by atoms with Crippen LogP contribution >= 0.6 is 11.3 Å². The molecular formula is C23H23FN4O4S. The van der Waals surface area contributed by atoms with Crippen molar-refractivity contribution in [3.05, 3.63) is 52.8 Å². The Kier molecular flexibility index (Phi) is 5.49. The molecule has 3 atom stereocenters. The average Bonchev–Trinajstić information content (AvgIpc) is 3.34. The first-order chi connectivity index (χ1) is 15.9. The fraction of sp³-hybridized carbons (Fsp3) is 0.391. The van der Waals surface area contributed by atoms with Gasteiger partial charge < -0.3 is 15.2 Å². The number of hydrogen-bond acceptors (Lipinski definition) is 8. The maximum absolute atomic E-state index is 13.3. The third-order valence-corrected chi connectivity index (χ3v) is 7.43. The maximum Gasteiger partial charge on any atom is 0.362 e. The lowest BCUT2D eigenvalue weighted by atomic mass is 9.85. The molecule has 4 heterocycles. The molecule has 1 amide bonds. The van der Waals surface area contributed by atoms with E-state index in [1.807, 2.05) is 5.38 Å². The zero-order chi connectivity index (χ0) is 23.2. The molecule has 5 rings (SSSR count). The van der Waals surface area contributed by atoms with Crippen LogP contribution in [0.3, 0.4) is 0 Å². The van der Waals surface area contributed by atoms with Gasteiger partial charge in [0, 0.05) is 25.4 Å². The number of thiophene rings is 1. The van der Waals surface area contributed by atoms with Crippen molar-refractivity contribution in [2.45, 2.75) is 49.9 Å². The molecule has 172 valence electrons. The molecule has 0 aliphatic carbocycles. The van der Waals surface area contributed by atoms with Gasteiger partial charge in [0.05, 0.1) is 7.11 Å². The molecule has 2 saturated heterocycles. The smallest absolute Gasteiger partial charge is 0.362 e. The molecule has 0 radical (unpaired) electrons. The number of benzene rings is 1. The normalized spacial score (nSPS) is 24.7. The number of primary amides is 1. The minimum atomic E-state index is -0.921. The highest BCUT2D eigenvalue weighted by Gasteiger charge is 2.56. The van der Waals surface area contributed by atoms with Crippen LogP contribution in [0.15, 0.2) is 35.7 Å². The van der Waals surface area contributed by atoms with E-state index in [0.29, 0.717) is 36.2 Å². The van der Waals surface area contributed by atoms with Crippen molar-refractivity contribution in [1.82, 2.24) is 14.9 Å².